The molecule has 1 aromatic carbocycles. The quantitative estimate of drug-likeness (QED) is 0.801. The third-order valence-electron chi connectivity index (χ3n) is 3.43. The molecule has 0 radical (unpaired) electrons. The van der Waals surface area contributed by atoms with Gasteiger partial charge in [-0.1, -0.05) is 19.9 Å². The summed E-state index contributed by atoms with van der Waals surface area (Å²) in [5.74, 6) is 0.951. The molecule has 0 bridgehead atoms. The van der Waals surface area contributed by atoms with Gasteiger partial charge in [-0.3, -0.25) is 0 Å². The Morgan fingerprint density at radius 2 is 2.13 bits per heavy atom. The molecule has 0 aliphatic heterocycles. The van der Waals surface area contributed by atoms with Crippen molar-refractivity contribution in [2.24, 2.45) is 0 Å². The molecule has 2 heteroatoms. The Balaban J connectivity index is 2.49. The Labute approximate surface area is 91.6 Å². The molecule has 0 saturated heterocycles. The smallest absolute Gasteiger partial charge is 0.119 e. The number of benzene rings is 1. The van der Waals surface area contributed by atoms with Crippen molar-refractivity contribution < 1.29 is 4.74 Å². The molecule has 0 aromatic heterocycles. The lowest BCUT2D eigenvalue weighted by Gasteiger charge is -2.19. The standard InChI is InChI=1S/C13H19NO/c1-13(2)8-12(14-3)10-7-9(15-4)5-6-11(10)13/h5-7,12,14H,8H2,1-4H3. The highest BCUT2D eigenvalue weighted by Crippen LogP contribution is 2.45. The van der Waals surface area contributed by atoms with E-state index in [0.29, 0.717) is 6.04 Å². The Morgan fingerprint density at radius 3 is 2.73 bits per heavy atom. The van der Waals surface area contributed by atoms with Crippen molar-refractivity contribution in [2.75, 3.05) is 14.2 Å². The number of methoxy groups -OCH3 is 1. The minimum Gasteiger partial charge on any atom is -0.497 e. The predicted octanol–water partition coefficient (Wildman–Crippen LogP) is 2.64. The zero-order valence-electron chi connectivity index (χ0n) is 9.92. The van der Waals surface area contributed by atoms with Crippen molar-refractivity contribution in [1.82, 2.24) is 5.32 Å². The third-order valence-corrected chi connectivity index (χ3v) is 3.43. The van der Waals surface area contributed by atoms with Crippen LogP contribution in [0.3, 0.4) is 0 Å². The maximum Gasteiger partial charge on any atom is 0.119 e. The van der Waals surface area contributed by atoms with E-state index < -0.39 is 0 Å². The van der Waals surface area contributed by atoms with E-state index in [1.807, 2.05) is 7.05 Å². The minimum atomic E-state index is 0.273. The van der Waals surface area contributed by atoms with Crippen molar-refractivity contribution in [1.29, 1.82) is 0 Å². The predicted molar refractivity (Wildman–Crippen MR) is 62.4 cm³/mol. The number of hydrogen-bond acceptors (Lipinski definition) is 2. The van der Waals surface area contributed by atoms with Gasteiger partial charge >= 0.3 is 0 Å². The van der Waals surface area contributed by atoms with E-state index in [1.54, 1.807) is 7.11 Å². The molecule has 1 aromatic rings. The second kappa shape index (κ2) is 3.53. The summed E-state index contributed by atoms with van der Waals surface area (Å²) in [5.41, 5.74) is 3.11. The van der Waals surface area contributed by atoms with Gasteiger partial charge < -0.3 is 10.1 Å². The Hall–Kier alpha value is -1.02. The second-order valence-corrected chi connectivity index (χ2v) is 4.88. The summed E-state index contributed by atoms with van der Waals surface area (Å²) in [6, 6.07) is 6.88. The van der Waals surface area contributed by atoms with Gasteiger partial charge in [-0.15, -0.1) is 0 Å². The highest BCUT2D eigenvalue weighted by Gasteiger charge is 2.36. The van der Waals surface area contributed by atoms with Crippen LogP contribution in [0.2, 0.25) is 0 Å². The fraction of sp³-hybridized carbons (Fsp3) is 0.538. The van der Waals surface area contributed by atoms with Gasteiger partial charge in [0.25, 0.3) is 0 Å². The van der Waals surface area contributed by atoms with Gasteiger partial charge in [0, 0.05) is 6.04 Å². The molecule has 0 fully saturated rings. The maximum absolute atomic E-state index is 5.27. The first-order chi connectivity index (χ1) is 7.08. The minimum absolute atomic E-state index is 0.273. The summed E-state index contributed by atoms with van der Waals surface area (Å²) in [6.07, 6.45) is 1.16. The van der Waals surface area contributed by atoms with Gasteiger partial charge in [-0.2, -0.15) is 0 Å². The Morgan fingerprint density at radius 1 is 1.40 bits per heavy atom. The van der Waals surface area contributed by atoms with Gasteiger partial charge in [0.1, 0.15) is 5.75 Å². The SMILES string of the molecule is CNC1CC(C)(C)c2ccc(OC)cc21. The molecule has 1 unspecified atom stereocenters. The second-order valence-electron chi connectivity index (χ2n) is 4.88. The average Bonchev–Trinajstić information content (AvgIpc) is 2.50. The van der Waals surface area contributed by atoms with Crippen molar-refractivity contribution >= 4 is 0 Å². The molecule has 0 amide bonds. The van der Waals surface area contributed by atoms with Gasteiger partial charge in [0.15, 0.2) is 0 Å². The summed E-state index contributed by atoms with van der Waals surface area (Å²) < 4.78 is 5.27. The zero-order chi connectivity index (χ0) is 11.1. The van der Waals surface area contributed by atoms with Crippen molar-refractivity contribution in [3.05, 3.63) is 29.3 Å². The van der Waals surface area contributed by atoms with Gasteiger partial charge in [-0.25, -0.2) is 0 Å². The average molecular weight is 205 g/mol. The Bertz CT molecular complexity index is 371. The first-order valence-corrected chi connectivity index (χ1v) is 5.44. The molecule has 0 heterocycles. The summed E-state index contributed by atoms with van der Waals surface area (Å²) >= 11 is 0. The molecule has 1 atom stereocenters. The summed E-state index contributed by atoms with van der Waals surface area (Å²) in [4.78, 5) is 0. The van der Waals surface area contributed by atoms with Crippen molar-refractivity contribution in [3.8, 4) is 5.75 Å². The normalized spacial score (nSPS) is 22.5. The fourth-order valence-corrected chi connectivity index (χ4v) is 2.56. The van der Waals surface area contributed by atoms with E-state index >= 15 is 0 Å². The Kier molecular flexibility index (Phi) is 2.47. The summed E-state index contributed by atoms with van der Waals surface area (Å²) in [6.45, 7) is 4.60. The largest absolute Gasteiger partial charge is 0.497 e. The van der Waals surface area contributed by atoms with E-state index in [9.17, 15) is 0 Å². The molecule has 82 valence electrons. The lowest BCUT2D eigenvalue weighted by Crippen LogP contribution is -2.17. The van der Waals surface area contributed by atoms with Crippen LogP contribution in [0.15, 0.2) is 18.2 Å². The van der Waals surface area contributed by atoms with E-state index in [4.69, 9.17) is 4.74 Å². The number of rotatable bonds is 2. The molecule has 1 aliphatic carbocycles. The molecule has 0 spiro atoms. The topological polar surface area (TPSA) is 21.3 Å². The summed E-state index contributed by atoms with van der Waals surface area (Å²) in [7, 11) is 3.74. The first kappa shape index (κ1) is 10.5. The van der Waals surface area contributed by atoms with Crippen LogP contribution in [0.4, 0.5) is 0 Å². The molecular weight excluding hydrogens is 186 g/mol. The van der Waals surface area contributed by atoms with Crippen LogP contribution in [0.25, 0.3) is 0 Å². The zero-order valence-corrected chi connectivity index (χ0v) is 9.92. The van der Waals surface area contributed by atoms with E-state index in [-0.39, 0.29) is 5.41 Å². The molecule has 1 aliphatic rings. The van der Waals surface area contributed by atoms with Crippen LogP contribution in [0, 0.1) is 0 Å². The number of nitrogens with one attached hydrogen (secondary N) is 1. The van der Waals surface area contributed by atoms with Crippen molar-refractivity contribution in [2.45, 2.75) is 31.7 Å². The fourth-order valence-electron chi connectivity index (χ4n) is 2.56. The number of fused-ring (bicyclic) bond motifs is 1. The molecule has 2 rings (SSSR count). The lowest BCUT2D eigenvalue weighted by atomic mass is 9.86. The molecule has 2 nitrogen and oxygen atoms in total. The third kappa shape index (κ3) is 1.63. The van der Waals surface area contributed by atoms with Crippen LogP contribution in [-0.4, -0.2) is 14.2 Å². The molecule has 15 heavy (non-hydrogen) atoms. The van der Waals surface area contributed by atoms with E-state index in [1.165, 1.54) is 11.1 Å². The van der Waals surface area contributed by atoms with Crippen LogP contribution < -0.4 is 10.1 Å². The number of ether oxygens (including phenoxy) is 1. The lowest BCUT2D eigenvalue weighted by molar-refractivity contribution is 0.413. The van der Waals surface area contributed by atoms with Crippen LogP contribution in [0.5, 0.6) is 5.75 Å². The van der Waals surface area contributed by atoms with Crippen LogP contribution in [-0.2, 0) is 5.41 Å². The van der Waals surface area contributed by atoms with Gasteiger partial charge in [0.05, 0.1) is 7.11 Å². The van der Waals surface area contributed by atoms with Crippen LogP contribution in [0.1, 0.15) is 37.4 Å². The van der Waals surface area contributed by atoms with Crippen LogP contribution >= 0.6 is 0 Å². The van der Waals surface area contributed by atoms with E-state index in [0.717, 1.165) is 12.2 Å². The highest BCUT2D eigenvalue weighted by atomic mass is 16.5. The molecule has 1 N–H and O–H groups in total. The summed E-state index contributed by atoms with van der Waals surface area (Å²) in [5, 5.41) is 3.37. The maximum atomic E-state index is 5.27. The van der Waals surface area contributed by atoms with Gasteiger partial charge in [0.2, 0.25) is 0 Å². The van der Waals surface area contributed by atoms with Crippen molar-refractivity contribution in [3.63, 3.8) is 0 Å². The monoisotopic (exact) mass is 205 g/mol. The van der Waals surface area contributed by atoms with E-state index in [2.05, 4.69) is 37.4 Å². The van der Waals surface area contributed by atoms with Gasteiger partial charge in [-0.05, 0) is 42.1 Å². The molecular formula is C13H19NO. The number of hydrogen-bond donors (Lipinski definition) is 1. The highest BCUT2D eigenvalue weighted by molar-refractivity contribution is 5.45. The molecule has 0 saturated carbocycles. The first-order valence-electron chi connectivity index (χ1n) is 5.44.